The van der Waals surface area contributed by atoms with Crippen molar-refractivity contribution < 1.29 is 4.79 Å². The molecule has 0 saturated heterocycles. The Morgan fingerprint density at radius 1 is 1.67 bits per heavy atom. The number of likely N-dealkylation sites (N-methyl/N-ethyl adjacent to an activating group) is 1. The van der Waals surface area contributed by atoms with E-state index in [1.54, 1.807) is 11.3 Å². The Labute approximate surface area is 99.0 Å². The molecule has 15 heavy (non-hydrogen) atoms. The molecule has 0 atom stereocenters. The molecule has 0 fully saturated rings. The Hall–Kier alpha value is -0.580. The van der Waals surface area contributed by atoms with Crippen molar-refractivity contribution in [1.29, 1.82) is 0 Å². The summed E-state index contributed by atoms with van der Waals surface area (Å²) in [6, 6.07) is 4.08. The normalized spacial score (nSPS) is 10.6. The summed E-state index contributed by atoms with van der Waals surface area (Å²) in [5.74, 6) is 0.482. The number of rotatable bonds is 6. The molecule has 3 nitrogen and oxygen atoms in total. The molecule has 0 spiro atoms. The summed E-state index contributed by atoms with van der Waals surface area (Å²) in [5.41, 5.74) is 0. The van der Waals surface area contributed by atoms with E-state index < -0.39 is 0 Å². The van der Waals surface area contributed by atoms with Crippen LogP contribution in [0.3, 0.4) is 0 Å². The SMILES string of the molecule is CN(CC(=O)NCCCl)Cc1cccs1. The fourth-order valence-electron chi connectivity index (χ4n) is 1.21. The fraction of sp³-hybridized carbons (Fsp3) is 0.500. The van der Waals surface area contributed by atoms with Gasteiger partial charge in [0.15, 0.2) is 0 Å². The van der Waals surface area contributed by atoms with Gasteiger partial charge in [0.2, 0.25) is 5.91 Å². The van der Waals surface area contributed by atoms with Gasteiger partial charge in [-0.2, -0.15) is 0 Å². The van der Waals surface area contributed by atoms with E-state index in [1.165, 1.54) is 4.88 Å². The Morgan fingerprint density at radius 3 is 3.07 bits per heavy atom. The van der Waals surface area contributed by atoms with Gasteiger partial charge in [-0.15, -0.1) is 22.9 Å². The van der Waals surface area contributed by atoms with Crippen LogP contribution in [0.4, 0.5) is 0 Å². The van der Waals surface area contributed by atoms with Crippen LogP contribution in [0, 0.1) is 0 Å². The van der Waals surface area contributed by atoms with Gasteiger partial charge < -0.3 is 5.32 Å². The van der Waals surface area contributed by atoms with Crippen molar-refractivity contribution in [2.75, 3.05) is 26.0 Å². The van der Waals surface area contributed by atoms with Crippen LogP contribution in [0.5, 0.6) is 0 Å². The van der Waals surface area contributed by atoms with Crippen molar-refractivity contribution in [3.63, 3.8) is 0 Å². The van der Waals surface area contributed by atoms with Crippen molar-refractivity contribution in [3.8, 4) is 0 Å². The van der Waals surface area contributed by atoms with Crippen LogP contribution in [0.2, 0.25) is 0 Å². The molecule has 1 amide bonds. The number of carbonyl (C=O) groups is 1. The van der Waals surface area contributed by atoms with E-state index in [0.29, 0.717) is 19.0 Å². The van der Waals surface area contributed by atoms with Crippen LogP contribution in [-0.4, -0.2) is 36.8 Å². The number of nitrogens with one attached hydrogen (secondary N) is 1. The maximum atomic E-state index is 11.3. The van der Waals surface area contributed by atoms with E-state index in [9.17, 15) is 4.79 Å². The standard InChI is InChI=1S/C10H15ClN2OS/c1-13(7-9-3-2-6-15-9)8-10(14)12-5-4-11/h2-3,6H,4-5,7-8H2,1H3,(H,12,14). The third kappa shape index (κ3) is 5.16. The molecule has 1 N–H and O–H groups in total. The molecule has 1 heterocycles. The highest BCUT2D eigenvalue weighted by atomic mass is 35.5. The summed E-state index contributed by atoms with van der Waals surface area (Å²) >= 11 is 7.17. The van der Waals surface area contributed by atoms with Gasteiger partial charge >= 0.3 is 0 Å². The molecule has 5 heteroatoms. The van der Waals surface area contributed by atoms with Crippen LogP contribution in [0.15, 0.2) is 17.5 Å². The van der Waals surface area contributed by atoms with E-state index in [2.05, 4.69) is 11.4 Å². The number of thiophene rings is 1. The fourth-order valence-corrected chi connectivity index (χ4v) is 2.09. The van der Waals surface area contributed by atoms with Crippen molar-refractivity contribution >= 4 is 28.8 Å². The molecule has 1 aromatic rings. The van der Waals surface area contributed by atoms with Crippen LogP contribution in [0.25, 0.3) is 0 Å². The maximum absolute atomic E-state index is 11.3. The molecule has 0 aliphatic carbocycles. The minimum atomic E-state index is 0.0229. The smallest absolute Gasteiger partial charge is 0.234 e. The monoisotopic (exact) mass is 246 g/mol. The van der Waals surface area contributed by atoms with E-state index in [1.807, 2.05) is 23.4 Å². The largest absolute Gasteiger partial charge is 0.354 e. The lowest BCUT2D eigenvalue weighted by molar-refractivity contribution is -0.121. The summed E-state index contributed by atoms with van der Waals surface area (Å²) in [4.78, 5) is 14.6. The minimum absolute atomic E-state index is 0.0229. The molecule has 0 radical (unpaired) electrons. The molecule has 1 aromatic heterocycles. The van der Waals surface area contributed by atoms with Crippen molar-refractivity contribution in [3.05, 3.63) is 22.4 Å². The topological polar surface area (TPSA) is 32.3 Å². The highest BCUT2D eigenvalue weighted by Gasteiger charge is 2.06. The average molecular weight is 247 g/mol. The summed E-state index contributed by atoms with van der Waals surface area (Å²) in [7, 11) is 1.93. The zero-order valence-electron chi connectivity index (χ0n) is 8.70. The van der Waals surface area contributed by atoms with Gasteiger partial charge in [0.1, 0.15) is 0 Å². The summed E-state index contributed by atoms with van der Waals surface area (Å²) in [5, 5.41) is 4.77. The molecule has 0 aromatic carbocycles. The Kier molecular flexibility index (Phi) is 5.68. The summed E-state index contributed by atoms with van der Waals surface area (Å²) < 4.78 is 0. The van der Waals surface area contributed by atoms with E-state index >= 15 is 0 Å². The number of hydrogen-bond acceptors (Lipinski definition) is 3. The Balaban J connectivity index is 2.23. The maximum Gasteiger partial charge on any atom is 0.234 e. The molecular weight excluding hydrogens is 232 g/mol. The first-order chi connectivity index (χ1) is 7.22. The third-order valence-electron chi connectivity index (χ3n) is 1.84. The Morgan fingerprint density at radius 2 is 2.47 bits per heavy atom. The first kappa shape index (κ1) is 12.5. The second-order valence-corrected chi connectivity index (χ2v) is 4.70. The van der Waals surface area contributed by atoms with Gasteiger partial charge in [-0.25, -0.2) is 0 Å². The molecule has 0 aliphatic rings. The number of halogens is 1. The van der Waals surface area contributed by atoms with Crippen LogP contribution in [-0.2, 0) is 11.3 Å². The minimum Gasteiger partial charge on any atom is -0.354 e. The molecular formula is C10H15ClN2OS. The Bertz CT molecular complexity index is 290. The lowest BCUT2D eigenvalue weighted by Crippen LogP contribution is -2.35. The number of carbonyl (C=O) groups excluding carboxylic acids is 1. The highest BCUT2D eigenvalue weighted by Crippen LogP contribution is 2.10. The molecule has 0 saturated carbocycles. The zero-order chi connectivity index (χ0) is 11.1. The van der Waals surface area contributed by atoms with E-state index in [0.717, 1.165) is 6.54 Å². The first-order valence-electron chi connectivity index (χ1n) is 4.76. The van der Waals surface area contributed by atoms with Gasteiger partial charge in [-0.3, -0.25) is 9.69 Å². The zero-order valence-corrected chi connectivity index (χ0v) is 10.3. The number of hydrogen-bond donors (Lipinski definition) is 1. The number of nitrogens with zero attached hydrogens (tertiary/aromatic N) is 1. The second-order valence-electron chi connectivity index (χ2n) is 3.29. The lowest BCUT2D eigenvalue weighted by atomic mass is 10.4. The van der Waals surface area contributed by atoms with Gasteiger partial charge in [0, 0.05) is 23.8 Å². The van der Waals surface area contributed by atoms with Crippen LogP contribution < -0.4 is 5.32 Å². The van der Waals surface area contributed by atoms with Gasteiger partial charge in [-0.05, 0) is 18.5 Å². The van der Waals surface area contributed by atoms with Gasteiger partial charge in [-0.1, -0.05) is 6.07 Å². The van der Waals surface area contributed by atoms with E-state index in [4.69, 9.17) is 11.6 Å². The predicted octanol–water partition coefficient (Wildman–Crippen LogP) is 1.53. The van der Waals surface area contributed by atoms with Crippen LogP contribution >= 0.6 is 22.9 Å². The van der Waals surface area contributed by atoms with Gasteiger partial charge in [0.25, 0.3) is 0 Å². The summed E-state index contributed by atoms with van der Waals surface area (Å²) in [6.45, 7) is 1.76. The third-order valence-corrected chi connectivity index (χ3v) is 2.89. The second kappa shape index (κ2) is 6.82. The first-order valence-corrected chi connectivity index (χ1v) is 6.17. The molecule has 1 rings (SSSR count). The highest BCUT2D eigenvalue weighted by molar-refractivity contribution is 7.09. The number of amides is 1. The lowest BCUT2D eigenvalue weighted by Gasteiger charge is -2.14. The van der Waals surface area contributed by atoms with Crippen LogP contribution in [0.1, 0.15) is 4.88 Å². The molecule has 0 unspecified atom stereocenters. The number of alkyl halides is 1. The van der Waals surface area contributed by atoms with Crippen molar-refractivity contribution in [2.24, 2.45) is 0 Å². The predicted molar refractivity (Wildman–Crippen MR) is 64.4 cm³/mol. The van der Waals surface area contributed by atoms with Crippen molar-refractivity contribution in [1.82, 2.24) is 10.2 Å². The average Bonchev–Trinajstić information content (AvgIpc) is 2.67. The van der Waals surface area contributed by atoms with E-state index in [-0.39, 0.29) is 5.91 Å². The van der Waals surface area contributed by atoms with Crippen molar-refractivity contribution in [2.45, 2.75) is 6.54 Å². The molecule has 0 aliphatic heterocycles. The van der Waals surface area contributed by atoms with Gasteiger partial charge in [0.05, 0.1) is 6.54 Å². The molecule has 84 valence electrons. The summed E-state index contributed by atoms with van der Waals surface area (Å²) in [6.07, 6.45) is 0. The quantitative estimate of drug-likeness (QED) is 0.773. The molecule has 0 bridgehead atoms.